The van der Waals surface area contributed by atoms with Crippen molar-refractivity contribution in [2.75, 3.05) is 25.4 Å². The Balaban J connectivity index is 1.56. The number of imidazole rings is 1. The van der Waals surface area contributed by atoms with E-state index in [0.29, 0.717) is 5.82 Å². The number of quaternary nitrogens is 1. The molecule has 1 aliphatic rings. The van der Waals surface area contributed by atoms with Crippen molar-refractivity contribution >= 4 is 39.0 Å². The van der Waals surface area contributed by atoms with E-state index in [1.165, 1.54) is 25.9 Å². The summed E-state index contributed by atoms with van der Waals surface area (Å²) in [6.07, 6.45) is 2.62. The van der Waals surface area contributed by atoms with Gasteiger partial charge in [-0.2, -0.15) is 0 Å². The molecule has 0 radical (unpaired) electrons. The molecule has 3 aromatic heterocycles. The Kier molecular flexibility index (Phi) is 3.95. The average Bonchev–Trinajstić information content (AvgIpc) is 3.48. The molecule has 1 saturated heterocycles. The van der Waals surface area contributed by atoms with Crippen LogP contribution < -0.4 is 10.6 Å². The van der Waals surface area contributed by atoms with Crippen molar-refractivity contribution in [3.8, 4) is 11.4 Å². The van der Waals surface area contributed by atoms with E-state index in [9.17, 15) is 0 Å². The second-order valence-electron chi connectivity index (χ2n) is 8.11. The summed E-state index contributed by atoms with van der Waals surface area (Å²) in [6.45, 7) is 4.35. The quantitative estimate of drug-likeness (QED) is 0.434. The lowest BCUT2D eigenvalue weighted by Gasteiger charge is -2.13. The number of nitrogens with one attached hydrogen (secondary N) is 2. The number of fused-ring (bicyclic) bond motifs is 3. The molecular formula is C23H24N7+. The summed E-state index contributed by atoms with van der Waals surface area (Å²) in [4.78, 5) is 19.8. The molecule has 150 valence electrons. The van der Waals surface area contributed by atoms with Gasteiger partial charge in [-0.1, -0.05) is 24.3 Å². The highest BCUT2D eigenvalue weighted by Gasteiger charge is 2.24. The van der Waals surface area contributed by atoms with E-state index in [-0.39, 0.29) is 0 Å². The zero-order valence-corrected chi connectivity index (χ0v) is 16.7. The first-order valence-corrected chi connectivity index (χ1v) is 10.6. The van der Waals surface area contributed by atoms with Gasteiger partial charge in [0.2, 0.25) is 0 Å². The van der Waals surface area contributed by atoms with Crippen molar-refractivity contribution in [1.82, 2.24) is 24.5 Å². The monoisotopic (exact) mass is 398 g/mol. The summed E-state index contributed by atoms with van der Waals surface area (Å²) < 4.78 is 2.13. The van der Waals surface area contributed by atoms with Crippen molar-refractivity contribution in [3.05, 3.63) is 48.5 Å². The van der Waals surface area contributed by atoms with Gasteiger partial charge in [0, 0.05) is 12.8 Å². The molecule has 2 aromatic carbocycles. The molecule has 4 N–H and O–H groups in total. The van der Waals surface area contributed by atoms with E-state index in [0.717, 1.165) is 57.7 Å². The lowest BCUT2D eigenvalue weighted by molar-refractivity contribution is -0.887. The Morgan fingerprint density at radius 2 is 1.60 bits per heavy atom. The number of nitrogen functional groups attached to an aromatic ring is 1. The topological polar surface area (TPSA) is 89.8 Å². The number of rotatable bonds is 4. The molecule has 0 saturated carbocycles. The first-order chi connectivity index (χ1) is 14.8. The fourth-order valence-corrected chi connectivity index (χ4v) is 4.64. The number of aromatic nitrogens is 5. The second-order valence-corrected chi connectivity index (χ2v) is 8.11. The van der Waals surface area contributed by atoms with E-state index in [4.69, 9.17) is 20.7 Å². The summed E-state index contributed by atoms with van der Waals surface area (Å²) in [5.41, 5.74) is 12.9. The van der Waals surface area contributed by atoms with Crippen molar-refractivity contribution < 1.29 is 4.90 Å². The van der Waals surface area contributed by atoms with Gasteiger partial charge < -0.3 is 20.2 Å². The first kappa shape index (κ1) is 17.4. The molecule has 0 bridgehead atoms. The SMILES string of the molecule is Nc1c(-c2nc3ccccc3[nH]2)c2nc3ccccc3nc2n1CC[NH+]1CCCC1. The molecule has 5 aromatic rings. The van der Waals surface area contributed by atoms with Crippen LogP contribution in [0.2, 0.25) is 0 Å². The molecule has 1 aliphatic heterocycles. The van der Waals surface area contributed by atoms with E-state index in [1.807, 2.05) is 48.5 Å². The molecule has 0 unspecified atom stereocenters. The minimum atomic E-state index is 0.679. The predicted molar refractivity (Wildman–Crippen MR) is 119 cm³/mol. The third kappa shape index (κ3) is 2.74. The summed E-state index contributed by atoms with van der Waals surface area (Å²) in [7, 11) is 0. The number of nitrogens with zero attached hydrogens (tertiary/aromatic N) is 4. The molecular weight excluding hydrogens is 374 g/mol. The number of hydrogen-bond acceptors (Lipinski definition) is 4. The fourth-order valence-electron chi connectivity index (χ4n) is 4.64. The summed E-state index contributed by atoms with van der Waals surface area (Å²) in [5.74, 6) is 1.42. The predicted octanol–water partition coefficient (Wildman–Crippen LogP) is 2.39. The summed E-state index contributed by atoms with van der Waals surface area (Å²) in [6, 6.07) is 16.0. The van der Waals surface area contributed by atoms with Gasteiger partial charge in [-0.15, -0.1) is 0 Å². The summed E-state index contributed by atoms with van der Waals surface area (Å²) >= 11 is 0. The largest absolute Gasteiger partial charge is 0.384 e. The van der Waals surface area contributed by atoms with E-state index >= 15 is 0 Å². The van der Waals surface area contributed by atoms with Gasteiger partial charge in [0.15, 0.2) is 5.65 Å². The number of nitrogens with two attached hydrogens (primary N) is 1. The molecule has 0 spiro atoms. The molecule has 0 aliphatic carbocycles. The number of benzene rings is 2. The number of H-pyrrole nitrogens is 1. The van der Waals surface area contributed by atoms with Crippen LogP contribution in [0.3, 0.4) is 0 Å². The molecule has 4 heterocycles. The van der Waals surface area contributed by atoms with Gasteiger partial charge in [-0.25, -0.2) is 15.0 Å². The van der Waals surface area contributed by atoms with Crippen LogP contribution in [0.4, 0.5) is 5.82 Å². The summed E-state index contributed by atoms with van der Waals surface area (Å²) in [5, 5.41) is 0. The van der Waals surface area contributed by atoms with Crippen LogP contribution in [-0.2, 0) is 6.54 Å². The average molecular weight is 398 g/mol. The molecule has 7 heteroatoms. The number of para-hydroxylation sites is 4. The van der Waals surface area contributed by atoms with Crippen LogP contribution in [-0.4, -0.2) is 44.1 Å². The van der Waals surface area contributed by atoms with Crippen molar-refractivity contribution in [2.45, 2.75) is 19.4 Å². The third-order valence-electron chi connectivity index (χ3n) is 6.22. The minimum Gasteiger partial charge on any atom is -0.384 e. The molecule has 0 atom stereocenters. The fraction of sp³-hybridized carbons (Fsp3) is 0.261. The van der Waals surface area contributed by atoms with E-state index in [1.54, 1.807) is 4.90 Å². The van der Waals surface area contributed by atoms with Gasteiger partial charge in [-0.3, -0.25) is 0 Å². The highest BCUT2D eigenvalue weighted by atomic mass is 15.2. The molecule has 30 heavy (non-hydrogen) atoms. The molecule has 6 rings (SSSR count). The molecule has 0 amide bonds. The van der Waals surface area contributed by atoms with Crippen LogP contribution >= 0.6 is 0 Å². The standard InChI is InChI=1S/C23H23N7/c24-21-19(22-26-16-8-2-3-9-17(16)27-22)20-23(28-18-10-4-1-7-15(18)25-20)30(21)14-13-29-11-5-6-12-29/h1-4,7-10H,5-6,11-14,24H2,(H,26,27)/p+1. The van der Waals surface area contributed by atoms with Crippen molar-refractivity contribution in [3.63, 3.8) is 0 Å². The first-order valence-electron chi connectivity index (χ1n) is 10.6. The van der Waals surface area contributed by atoms with E-state index in [2.05, 4.69) is 9.55 Å². The van der Waals surface area contributed by atoms with E-state index < -0.39 is 0 Å². The zero-order chi connectivity index (χ0) is 20.1. The number of hydrogen-bond donors (Lipinski definition) is 3. The highest BCUT2D eigenvalue weighted by Crippen LogP contribution is 2.35. The van der Waals surface area contributed by atoms with Crippen LogP contribution in [0.25, 0.3) is 44.6 Å². The van der Waals surface area contributed by atoms with Crippen LogP contribution in [0.15, 0.2) is 48.5 Å². The maximum Gasteiger partial charge on any atom is 0.161 e. The zero-order valence-electron chi connectivity index (χ0n) is 16.7. The van der Waals surface area contributed by atoms with Gasteiger partial charge in [-0.05, 0) is 24.3 Å². The Morgan fingerprint density at radius 1 is 0.900 bits per heavy atom. The number of anilines is 1. The lowest BCUT2D eigenvalue weighted by atomic mass is 10.2. The maximum absolute atomic E-state index is 6.73. The molecule has 1 fully saturated rings. The van der Waals surface area contributed by atoms with Gasteiger partial charge in [0.1, 0.15) is 17.2 Å². The van der Waals surface area contributed by atoms with Gasteiger partial charge in [0.05, 0.1) is 53.8 Å². The lowest BCUT2D eigenvalue weighted by Crippen LogP contribution is -3.10. The Bertz CT molecular complexity index is 1340. The number of likely N-dealkylation sites (tertiary alicyclic amines) is 1. The molecule has 7 nitrogen and oxygen atoms in total. The smallest absolute Gasteiger partial charge is 0.161 e. The van der Waals surface area contributed by atoms with Gasteiger partial charge in [0.25, 0.3) is 0 Å². The van der Waals surface area contributed by atoms with Crippen molar-refractivity contribution in [2.24, 2.45) is 0 Å². The van der Waals surface area contributed by atoms with Crippen molar-refractivity contribution in [1.29, 1.82) is 0 Å². The Morgan fingerprint density at radius 3 is 2.37 bits per heavy atom. The third-order valence-corrected chi connectivity index (χ3v) is 6.22. The van der Waals surface area contributed by atoms with Gasteiger partial charge >= 0.3 is 0 Å². The normalized spacial score (nSPS) is 15.1. The Hall–Kier alpha value is -3.45. The number of aromatic amines is 1. The highest BCUT2D eigenvalue weighted by molar-refractivity contribution is 6.01. The van der Waals surface area contributed by atoms with Crippen LogP contribution in [0.5, 0.6) is 0 Å². The minimum absolute atomic E-state index is 0.679. The Labute approximate surface area is 173 Å². The van der Waals surface area contributed by atoms with Crippen LogP contribution in [0, 0.1) is 0 Å². The van der Waals surface area contributed by atoms with Crippen LogP contribution in [0.1, 0.15) is 12.8 Å². The second kappa shape index (κ2) is 6.81. The maximum atomic E-state index is 6.73.